The maximum Gasteiger partial charge on any atom is 0.155 e. The lowest BCUT2D eigenvalue weighted by molar-refractivity contribution is -0.115. The Morgan fingerprint density at radius 2 is 1.87 bits per heavy atom. The zero-order valence-corrected chi connectivity index (χ0v) is 9.06. The quantitative estimate of drug-likeness (QED) is 0.627. The monoisotopic (exact) mass is 202 g/mol. The third-order valence-electron chi connectivity index (χ3n) is 3.17. The molecule has 0 aromatic heterocycles. The molecule has 2 rings (SSSR count). The summed E-state index contributed by atoms with van der Waals surface area (Å²) in [7, 11) is 0. The second-order valence-corrected chi connectivity index (χ2v) is 4.50. The minimum absolute atomic E-state index is 0.277. The second kappa shape index (κ2) is 5.11. The molecule has 0 saturated heterocycles. The van der Waals surface area contributed by atoms with Gasteiger partial charge < -0.3 is 0 Å². The molecule has 0 heterocycles. The molecular weight excluding hydrogens is 184 g/mol. The molecule has 15 heavy (non-hydrogen) atoms. The van der Waals surface area contributed by atoms with Gasteiger partial charge in [0.25, 0.3) is 0 Å². The zero-order chi connectivity index (χ0) is 10.5. The average molecular weight is 202 g/mol. The zero-order valence-electron chi connectivity index (χ0n) is 9.06. The summed E-state index contributed by atoms with van der Waals surface area (Å²) in [6.07, 6.45) is 18.2. The van der Waals surface area contributed by atoms with Crippen molar-refractivity contribution in [2.75, 3.05) is 0 Å². The molecule has 2 unspecified atom stereocenters. The van der Waals surface area contributed by atoms with Crippen molar-refractivity contribution in [3.63, 3.8) is 0 Å². The minimum Gasteiger partial charge on any atom is -0.295 e. The van der Waals surface area contributed by atoms with Crippen LogP contribution < -0.4 is 0 Å². The van der Waals surface area contributed by atoms with Crippen LogP contribution in [0.4, 0.5) is 0 Å². The van der Waals surface area contributed by atoms with Gasteiger partial charge in [-0.25, -0.2) is 0 Å². The summed E-state index contributed by atoms with van der Waals surface area (Å²) in [6, 6.07) is 0. The summed E-state index contributed by atoms with van der Waals surface area (Å²) in [5.41, 5.74) is 0. The fourth-order valence-corrected chi connectivity index (χ4v) is 2.24. The van der Waals surface area contributed by atoms with E-state index in [1.165, 1.54) is 19.3 Å². The Morgan fingerprint density at radius 1 is 1.07 bits per heavy atom. The van der Waals surface area contributed by atoms with Crippen LogP contribution in [0.1, 0.15) is 32.1 Å². The molecule has 0 bridgehead atoms. The Hall–Kier alpha value is -1.11. The van der Waals surface area contributed by atoms with E-state index in [1.54, 1.807) is 6.08 Å². The molecular formula is C14H18O. The van der Waals surface area contributed by atoms with E-state index in [9.17, 15) is 4.79 Å². The summed E-state index contributed by atoms with van der Waals surface area (Å²) in [4.78, 5) is 11.2. The molecule has 80 valence electrons. The SMILES string of the molecule is O=C1C=CCC(C=CC2CC=CCC2)C1. The van der Waals surface area contributed by atoms with Crippen LogP contribution in [-0.2, 0) is 4.79 Å². The number of allylic oxidation sites excluding steroid dienone is 6. The lowest BCUT2D eigenvalue weighted by atomic mass is 9.89. The van der Waals surface area contributed by atoms with Crippen LogP contribution in [0.2, 0.25) is 0 Å². The van der Waals surface area contributed by atoms with Gasteiger partial charge in [0, 0.05) is 6.42 Å². The Balaban J connectivity index is 1.85. The predicted octanol–water partition coefficient (Wildman–Crippen LogP) is 3.43. The highest BCUT2D eigenvalue weighted by Gasteiger charge is 2.13. The topological polar surface area (TPSA) is 17.1 Å². The lowest BCUT2D eigenvalue weighted by Gasteiger charge is -2.16. The fraction of sp³-hybridized carbons (Fsp3) is 0.500. The predicted molar refractivity (Wildman–Crippen MR) is 62.5 cm³/mol. The van der Waals surface area contributed by atoms with Crippen molar-refractivity contribution in [3.05, 3.63) is 36.5 Å². The van der Waals surface area contributed by atoms with Gasteiger partial charge in [-0.2, -0.15) is 0 Å². The average Bonchev–Trinajstić information content (AvgIpc) is 2.28. The first kappa shape index (κ1) is 10.4. The van der Waals surface area contributed by atoms with E-state index < -0.39 is 0 Å². The van der Waals surface area contributed by atoms with Gasteiger partial charge in [0.15, 0.2) is 5.78 Å². The number of carbonyl (C=O) groups excluding carboxylic acids is 1. The number of hydrogen-bond donors (Lipinski definition) is 0. The molecule has 1 heteroatoms. The molecule has 0 aliphatic heterocycles. The highest BCUT2D eigenvalue weighted by molar-refractivity contribution is 5.90. The summed E-state index contributed by atoms with van der Waals surface area (Å²) in [5, 5.41) is 0. The third-order valence-corrected chi connectivity index (χ3v) is 3.17. The van der Waals surface area contributed by atoms with Crippen molar-refractivity contribution in [2.24, 2.45) is 11.8 Å². The van der Waals surface area contributed by atoms with Gasteiger partial charge in [-0.3, -0.25) is 4.79 Å². The summed E-state index contributed by atoms with van der Waals surface area (Å²) < 4.78 is 0. The first-order valence-electron chi connectivity index (χ1n) is 5.87. The van der Waals surface area contributed by atoms with E-state index in [0.717, 1.165) is 6.42 Å². The molecule has 2 atom stereocenters. The number of carbonyl (C=O) groups is 1. The molecule has 0 radical (unpaired) electrons. The molecule has 2 aliphatic carbocycles. The fourth-order valence-electron chi connectivity index (χ4n) is 2.24. The van der Waals surface area contributed by atoms with Crippen LogP contribution in [0.3, 0.4) is 0 Å². The van der Waals surface area contributed by atoms with E-state index >= 15 is 0 Å². The van der Waals surface area contributed by atoms with Crippen molar-refractivity contribution in [1.29, 1.82) is 0 Å². The number of rotatable bonds is 2. The molecule has 0 aromatic rings. The maximum atomic E-state index is 11.2. The minimum atomic E-state index is 0.277. The van der Waals surface area contributed by atoms with E-state index in [-0.39, 0.29) is 5.78 Å². The van der Waals surface area contributed by atoms with E-state index in [2.05, 4.69) is 24.3 Å². The Bertz CT molecular complexity index is 309. The normalized spacial score (nSPS) is 31.3. The van der Waals surface area contributed by atoms with Crippen LogP contribution in [-0.4, -0.2) is 5.78 Å². The highest BCUT2D eigenvalue weighted by Crippen LogP contribution is 2.22. The van der Waals surface area contributed by atoms with Gasteiger partial charge in [-0.1, -0.05) is 30.4 Å². The van der Waals surface area contributed by atoms with E-state index in [0.29, 0.717) is 18.3 Å². The van der Waals surface area contributed by atoms with Crippen molar-refractivity contribution in [2.45, 2.75) is 32.1 Å². The van der Waals surface area contributed by atoms with Gasteiger partial charge in [0.05, 0.1) is 0 Å². The first-order chi connectivity index (χ1) is 7.34. The van der Waals surface area contributed by atoms with E-state index in [4.69, 9.17) is 0 Å². The largest absolute Gasteiger partial charge is 0.295 e. The summed E-state index contributed by atoms with van der Waals surface area (Å²) in [6.45, 7) is 0. The van der Waals surface area contributed by atoms with Crippen molar-refractivity contribution < 1.29 is 4.79 Å². The second-order valence-electron chi connectivity index (χ2n) is 4.50. The molecule has 0 spiro atoms. The molecule has 0 aromatic carbocycles. The van der Waals surface area contributed by atoms with Gasteiger partial charge in [0.2, 0.25) is 0 Å². The van der Waals surface area contributed by atoms with Gasteiger partial charge in [0.1, 0.15) is 0 Å². The molecule has 0 N–H and O–H groups in total. The standard InChI is InChI=1S/C14H18O/c15-14-8-4-7-13(11-14)10-9-12-5-2-1-3-6-12/h1-2,4,8-10,12-13H,3,5-7,11H2. The van der Waals surface area contributed by atoms with E-state index in [1.807, 2.05) is 6.08 Å². The Kier molecular flexibility index (Phi) is 3.54. The molecule has 0 amide bonds. The van der Waals surface area contributed by atoms with Gasteiger partial charge in [-0.05, 0) is 43.6 Å². The highest BCUT2D eigenvalue weighted by atomic mass is 16.1. The molecule has 2 aliphatic rings. The lowest BCUT2D eigenvalue weighted by Crippen LogP contribution is -2.08. The molecule has 1 nitrogen and oxygen atoms in total. The van der Waals surface area contributed by atoms with Crippen LogP contribution in [0.25, 0.3) is 0 Å². The van der Waals surface area contributed by atoms with Crippen molar-refractivity contribution >= 4 is 5.78 Å². The van der Waals surface area contributed by atoms with Crippen LogP contribution >= 0.6 is 0 Å². The van der Waals surface area contributed by atoms with Crippen molar-refractivity contribution in [1.82, 2.24) is 0 Å². The van der Waals surface area contributed by atoms with Gasteiger partial charge >= 0.3 is 0 Å². The van der Waals surface area contributed by atoms with Gasteiger partial charge in [-0.15, -0.1) is 0 Å². The van der Waals surface area contributed by atoms with Crippen LogP contribution in [0, 0.1) is 11.8 Å². The number of ketones is 1. The molecule has 0 fully saturated rings. The van der Waals surface area contributed by atoms with Crippen LogP contribution in [0.15, 0.2) is 36.5 Å². The molecule has 0 saturated carbocycles. The Labute approximate surface area is 91.6 Å². The Morgan fingerprint density at radius 3 is 2.60 bits per heavy atom. The van der Waals surface area contributed by atoms with Crippen molar-refractivity contribution in [3.8, 4) is 0 Å². The summed E-state index contributed by atoms with van der Waals surface area (Å²) in [5.74, 6) is 1.43. The maximum absolute atomic E-state index is 11.2. The summed E-state index contributed by atoms with van der Waals surface area (Å²) >= 11 is 0. The first-order valence-corrected chi connectivity index (χ1v) is 5.87. The third kappa shape index (κ3) is 3.19. The number of hydrogen-bond acceptors (Lipinski definition) is 1. The smallest absolute Gasteiger partial charge is 0.155 e. The van der Waals surface area contributed by atoms with Crippen LogP contribution in [0.5, 0.6) is 0 Å².